The summed E-state index contributed by atoms with van der Waals surface area (Å²) < 4.78 is 0. The van der Waals surface area contributed by atoms with E-state index in [2.05, 4.69) is 15.8 Å². The summed E-state index contributed by atoms with van der Waals surface area (Å²) in [5.41, 5.74) is 2.39. The van der Waals surface area contributed by atoms with Crippen molar-refractivity contribution in [1.82, 2.24) is 10.7 Å². The number of hydrazone groups is 1. The summed E-state index contributed by atoms with van der Waals surface area (Å²) in [6.45, 7) is 7.28. The molecule has 0 saturated heterocycles. The quantitative estimate of drug-likeness (QED) is 0.557. The lowest BCUT2D eigenvalue weighted by Crippen LogP contribution is -2.41. The second-order valence-electron chi connectivity index (χ2n) is 4.69. The molecule has 2 amide bonds. The third kappa shape index (κ3) is 9.05. The standard InChI is InChI=1S/C11H18N4O2/c1-8(14-15-9(16)5-6-12)7-10(17)13-11(2,3)4/h5,7H2,1-4H3,(H,13,17)(H,15,16)/b14-8-. The van der Waals surface area contributed by atoms with Gasteiger partial charge in [-0.05, 0) is 27.7 Å². The van der Waals surface area contributed by atoms with Crippen molar-refractivity contribution in [3.8, 4) is 6.07 Å². The molecular formula is C11H18N4O2. The average Bonchev–Trinajstić information content (AvgIpc) is 2.12. The first kappa shape index (κ1) is 15.1. The van der Waals surface area contributed by atoms with Crippen molar-refractivity contribution in [3.05, 3.63) is 0 Å². The Morgan fingerprint density at radius 3 is 2.35 bits per heavy atom. The first-order valence-corrected chi connectivity index (χ1v) is 5.24. The second kappa shape index (κ2) is 6.63. The first-order chi connectivity index (χ1) is 7.74. The molecule has 0 saturated carbocycles. The van der Waals surface area contributed by atoms with Gasteiger partial charge in [-0.15, -0.1) is 0 Å². The van der Waals surface area contributed by atoms with Gasteiger partial charge in [0.25, 0.3) is 5.91 Å². The van der Waals surface area contributed by atoms with Crippen molar-refractivity contribution >= 4 is 17.5 Å². The number of amides is 2. The fourth-order valence-corrected chi connectivity index (χ4v) is 1.00. The molecular weight excluding hydrogens is 220 g/mol. The van der Waals surface area contributed by atoms with Gasteiger partial charge in [0.1, 0.15) is 6.42 Å². The molecule has 17 heavy (non-hydrogen) atoms. The van der Waals surface area contributed by atoms with Crippen LogP contribution in [0, 0.1) is 11.3 Å². The molecule has 0 aliphatic rings. The van der Waals surface area contributed by atoms with Crippen molar-refractivity contribution in [2.45, 2.75) is 46.1 Å². The van der Waals surface area contributed by atoms with E-state index in [4.69, 9.17) is 5.26 Å². The smallest absolute Gasteiger partial charge is 0.254 e. The number of hydrogen-bond donors (Lipinski definition) is 2. The molecule has 0 atom stereocenters. The fourth-order valence-electron chi connectivity index (χ4n) is 1.00. The predicted octanol–water partition coefficient (Wildman–Crippen LogP) is 0.697. The maximum absolute atomic E-state index is 11.5. The normalized spacial score (nSPS) is 11.6. The van der Waals surface area contributed by atoms with Crippen molar-refractivity contribution in [1.29, 1.82) is 5.26 Å². The summed E-state index contributed by atoms with van der Waals surface area (Å²) in [7, 11) is 0. The number of hydrogen-bond acceptors (Lipinski definition) is 4. The molecule has 0 aromatic carbocycles. The molecule has 0 aromatic heterocycles. The van der Waals surface area contributed by atoms with Crippen molar-refractivity contribution in [2.24, 2.45) is 5.10 Å². The van der Waals surface area contributed by atoms with Crippen LogP contribution in [0.25, 0.3) is 0 Å². The highest BCUT2D eigenvalue weighted by Gasteiger charge is 2.14. The molecule has 94 valence electrons. The van der Waals surface area contributed by atoms with E-state index in [0.29, 0.717) is 5.71 Å². The van der Waals surface area contributed by atoms with E-state index in [9.17, 15) is 9.59 Å². The van der Waals surface area contributed by atoms with E-state index < -0.39 is 5.91 Å². The van der Waals surface area contributed by atoms with Crippen LogP contribution in [0.2, 0.25) is 0 Å². The summed E-state index contributed by atoms with van der Waals surface area (Å²) in [6, 6.07) is 1.70. The van der Waals surface area contributed by atoms with Crippen LogP contribution < -0.4 is 10.7 Å². The maximum Gasteiger partial charge on any atom is 0.254 e. The van der Waals surface area contributed by atoms with Crippen LogP contribution in [0.15, 0.2) is 5.10 Å². The van der Waals surface area contributed by atoms with E-state index in [1.54, 1.807) is 13.0 Å². The summed E-state index contributed by atoms with van der Waals surface area (Å²) in [4.78, 5) is 22.4. The molecule has 0 spiro atoms. The van der Waals surface area contributed by atoms with Gasteiger partial charge >= 0.3 is 0 Å². The number of rotatable bonds is 4. The van der Waals surface area contributed by atoms with Crippen LogP contribution in [-0.4, -0.2) is 23.1 Å². The topological polar surface area (TPSA) is 94.3 Å². The molecule has 0 heterocycles. The number of nitrogens with one attached hydrogen (secondary N) is 2. The molecule has 0 bridgehead atoms. The Bertz CT molecular complexity index is 361. The third-order valence-corrected chi connectivity index (χ3v) is 1.54. The van der Waals surface area contributed by atoms with Gasteiger partial charge in [0, 0.05) is 11.3 Å². The Hall–Kier alpha value is -1.90. The Balaban J connectivity index is 4.13. The lowest BCUT2D eigenvalue weighted by molar-refractivity contribution is -0.122. The van der Waals surface area contributed by atoms with Gasteiger partial charge in [0.05, 0.1) is 12.5 Å². The van der Waals surface area contributed by atoms with Crippen molar-refractivity contribution in [2.75, 3.05) is 0 Å². The van der Waals surface area contributed by atoms with E-state index in [-0.39, 0.29) is 24.3 Å². The van der Waals surface area contributed by atoms with Gasteiger partial charge in [-0.1, -0.05) is 0 Å². The number of nitriles is 1. The number of nitrogens with zero attached hydrogens (tertiary/aromatic N) is 2. The summed E-state index contributed by atoms with van der Waals surface area (Å²) >= 11 is 0. The van der Waals surface area contributed by atoms with Crippen LogP contribution in [-0.2, 0) is 9.59 Å². The number of carbonyl (C=O) groups is 2. The first-order valence-electron chi connectivity index (χ1n) is 5.24. The van der Waals surface area contributed by atoms with Crippen LogP contribution in [0.1, 0.15) is 40.5 Å². The molecule has 0 unspecified atom stereocenters. The maximum atomic E-state index is 11.5. The lowest BCUT2D eigenvalue weighted by atomic mass is 10.1. The van der Waals surface area contributed by atoms with Crippen LogP contribution >= 0.6 is 0 Å². The zero-order valence-corrected chi connectivity index (χ0v) is 10.6. The van der Waals surface area contributed by atoms with Crippen molar-refractivity contribution < 1.29 is 9.59 Å². The Morgan fingerprint density at radius 2 is 1.88 bits per heavy atom. The van der Waals surface area contributed by atoms with Gasteiger partial charge in [-0.25, -0.2) is 5.43 Å². The van der Waals surface area contributed by atoms with E-state index >= 15 is 0 Å². The van der Waals surface area contributed by atoms with Gasteiger partial charge in [-0.2, -0.15) is 10.4 Å². The monoisotopic (exact) mass is 238 g/mol. The predicted molar refractivity (Wildman–Crippen MR) is 64.0 cm³/mol. The van der Waals surface area contributed by atoms with Gasteiger partial charge in [0.15, 0.2) is 0 Å². The van der Waals surface area contributed by atoms with Crippen LogP contribution in [0.3, 0.4) is 0 Å². The second-order valence-corrected chi connectivity index (χ2v) is 4.69. The molecule has 0 rings (SSSR count). The van der Waals surface area contributed by atoms with Crippen LogP contribution in [0.4, 0.5) is 0 Å². The summed E-state index contributed by atoms with van der Waals surface area (Å²) in [5.74, 6) is -0.642. The van der Waals surface area contributed by atoms with E-state index in [1.807, 2.05) is 20.8 Å². The minimum atomic E-state index is -0.483. The molecule has 0 aliphatic heterocycles. The molecule has 2 N–H and O–H groups in total. The molecule has 0 fully saturated rings. The zero-order valence-electron chi connectivity index (χ0n) is 10.6. The highest BCUT2D eigenvalue weighted by molar-refractivity contribution is 6.00. The van der Waals surface area contributed by atoms with E-state index in [1.165, 1.54) is 0 Å². The Morgan fingerprint density at radius 1 is 1.29 bits per heavy atom. The highest BCUT2D eigenvalue weighted by Crippen LogP contribution is 1.99. The fraction of sp³-hybridized carbons (Fsp3) is 0.636. The lowest BCUT2D eigenvalue weighted by Gasteiger charge is -2.20. The molecule has 0 radical (unpaired) electrons. The summed E-state index contributed by atoms with van der Waals surface area (Å²) in [6.07, 6.45) is -0.130. The van der Waals surface area contributed by atoms with E-state index in [0.717, 1.165) is 0 Å². The molecule has 6 heteroatoms. The minimum Gasteiger partial charge on any atom is -0.351 e. The van der Waals surface area contributed by atoms with Gasteiger partial charge in [-0.3, -0.25) is 9.59 Å². The molecule has 0 aromatic rings. The highest BCUT2D eigenvalue weighted by atomic mass is 16.2. The average molecular weight is 238 g/mol. The summed E-state index contributed by atoms with van der Waals surface area (Å²) in [5, 5.41) is 14.7. The Labute approximate surface area is 101 Å². The van der Waals surface area contributed by atoms with Crippen molar-refractivity contribution in [3.63, 3.8) is 0 Å². The largest absolute Gasteiger partial charge is 0.351 e. The Kier molecular flexibility index (Phi) is 5.89. The zero-order chi connectivity index (χ0) is 13.5. The van der Waals surface area contributed by atoms with Crippen LogP contribution in [0.5, 0.6) is 0 Å². The van der Waals surface area contributed by atoms with Gasteiger partial charge in [0.2, 0.25) is 5.91 Å². The van der Waals surface area contributed by atoms with Gasteiger partial charge < -0.3 is 5.32 Å². The molecule has 0 aliphatic carbocycles. The SMILES string of the molecule is C/C(CC(=O)NC(C)(C)C)=N/NC(=O)CC#N. The minimum absolute atomic E-state index is 0.115. The number of carbonyl (C=O) groups excluding carboxylic acids is 2. The molecule has 6 nitrogen and oxygen atoms in total. The third-order valence-electron chi connectivity index (χ3n) is 1.54.